The average Bonchev–Trinajstić information content (AvgIpc) is 2.78. The minimum atomic E-state index is -0.375. The molecule has 0 spiro atoms. The topological polar surface area (TPSA) is 72.6 Å². The van der Waals surface area contributed by atoms with Crippen molar-refractivity contribution in [3.8, 4) is 5.75 Å². The Kier molecular flexibility index (Phi) is 3.94. The SMILES string of the molecule is NC(=O)[C@@H]1CCCN1CC(=O)Oc1ccccc1. The molecule has 5 nitrogen and oxygen atoms in total. The molecule has 1 saturated heterocycles. The third-order valence-electron chi connectivity index (χ3n) is 3.00. The molecule has 1 atom stereocenters. The van der Waals surface area contributed by atoms with Crippen molar-refractivity contribution in [1.82, 2.24) is 4.90 Å². The summed E-state index contributed by atoms with van der Waals surface area (Å²) in [6.45, 7) is 0.806. The second kappa shape index (κ2) is 5.64. The van der Waals surface area contributed by atoms with Crippen molar-refractivity contribution in [2.45, 2.75) is 18.9 Å². The molecule has 1 heterocycles. The van der Waals surface area contributed by atoms with Gasteiger partial charge in [-0.3, -0.25) is 14.5 Å². The highest BCUT2D eigenvalue weighted by atomic mass is 16.5. The summed E-state index contributed by atoms with van der Waals surface area (Å²) >= 11 is 0. The second-order valence-electron chi connectivity index (χ2n) is 4.32. The summed E-state index contributed by atoms with van der Waals surface area (Å²) in [5.41, 5.74) is 5.28. The molecule has 18 heavy (non-hydrogen) atoms. The second-order valence-corrected chi connectivity index (χ2v) is 4.32. The van der Waals surface area contributed by atoms with E-state index >= 15 is 0 Å². The lowest BCUT2D eigenvalue weighted by atomic mass is 10.2. The predicted octanol–water partition coefficient (Wildman–Crippen LogP) is 0.542. The number of likely N-dealkylation sites (tertiary alicyclic amines) is 1. The van der Waals surface area contributed by atoms with Crippen molar-refractivity contribution in [2.75, 3.05) is 13.1 Å². The van der Waals surface area contributed by atoms with Crippen LogP contribution in [0.4, 0.5) is 0 Å². The number of esters is 1. The number of ether oxygens (including phenoxy) is 1. The molecule has 0 bridgehead atoms. The van der Waals surface area contributed by atoms with Crippen LogP contribution in [0, 0.1) is 0 Å². The van der Waals surface area contributed by atoms with Crippen LogP contribution in [-0.2, 0) is 9.59 Å². The number of amides is 1. The van der Waals surface area contributed by atoms with Crippen LogP contribution >= 0.6 is 0 Å². The van der Waals surface area contributed by atoms with Gasteiger partial charge in [0.15, 0.2) is 0 Å². The van der Waals surface area contributed by atoms with Gasteiger partial charge in [0.2, 0.25) is 5.91 Å². The first-order chi connectivity index (χ1) is 8.66. The molecule has 1 aliphatic rings. The Morgan fingerprint density at radius 2 is 2.06 bits per heavy atom. The van der Waals surface area contributed by atoms with Gasteiger partial charge >= 0.3 is 5.97 Å². The molecule has 96 valence electrons. The summed E-state index contributed by atoms with van der Waals surface area (Å²) in [7, 11) is 0. The monoisotopic (exact) mass is 248 g/mol. The molecule has 5 heteroatoms. The summed E-state index contributed by atoms with van der Waals surface area (Å²) in [4.78, 5) is 24.7. The third kappa shape index (κ3) is 3.07. The fraction of sp³-hybridized carbons (Fsp3) is 0.385. The summed E-state index contributed by atoms with van der Waals surface area (Å²) in [5.74, 6) is -0.230. The van der Waals surface area contributed by atoms with Gasteiger partial charge in [0, 0.05) is 0 Å². The number of hydrogen-bond donors (Lipinski definition) is 1. The molecule has 2 N–H and O–H groups in total. The maximum Gasteiger partial charge on any atom is 0.325 e. The maximum atomic E-state index is 11.7. The summed E-state index contributed by atoms with van der Waals surface area (Å²) < 4.78 is 5.17. The number of para-hydroxylation sites is 1. The van der Waals surface area contributed by atoms with Crippen LogP contribution in [0.15, 0.2) is 30.3 Å². The van der Waals surface area contributed by atoms with E-state index in [9.17, 15) is 9.59 Å². The number of primary amides is 1. The highest BCUT2D eigenvalue weighted by Crippen LogP contribution is 2.17. The van der Waals surface area contributed by atoms with Gasteiger partial charge in [0.25, 0.3) is 0 Å². The van der Waals surface area contributed by atoms with E-state index in [1.165, 1.54) is 0 Å². The fourth-order valence-electron chi connectivity index (χ4n) is 2.16. The quantitative estimate of drug-likeness (QED) is 0.623. The zero-order valence-corrected chi connectivity index (χ0v) is 10.0. The van der Waals surface area contributed by atoms with Gasteiger partial charge in [-0.25, -0.2) is 0 Å². The Bertz CT molecular complexity index is 433. The van der Waals surface area contributed by atoms with Crippen molar-refractivity contribution >= 4 is 11.9 Å². The van der Waals surface area contributed by atoms with Crippen LogP contribution < -0.4 is 10.5 Å². The normalized spacial score (nSPS) is 19.7. The molecular formula is C13H16N2O3. The molecule has 0 saturated carbocycles. The van der Waals surface area contributed by atoms with Crippen LogP contribution in [0.1, 0.15) is 12.8 Å². The standard InChI is InChI=1S/C13H16N2O3/c14-13(17)11-7-4-8-15(11)9-12(16)18-10-5-2-1-3-6-10/h1-3,5-6,11H,4,7-9H2,(H2,14,17)/t11-/m0/s1. The summed E-state index contributed by atoms with van der Waals surface area (Å²) in [5, 5.41) is 0. The van der Waals surface area contributed by atoms with Gasteiger partial charge in [-0.15, -0.1) is 0 Å². The van der Waals surface area contributed by atoms with Crippen LogP contribution in [0.5, 0.6) is 5.75 Å². The lowest BCUT2D eigenvalue weighted by Crippen LogP contribution is -2.43. The van der Waals surface area contributed by atoms with Gasteiger partial charge in [0.05, 0.1) is 12.6 Å². The van der Waals surface area contributed by atoms with E-state index in [2.05, 4.69) is 0 Å². The number of rotatable bonds is 4. The molecule has 0 unspecified atom stereocenters. The van der Waals surface area contributed by atoms with E-state index in [0.29, 0.717) is 18.7 Å². The Morgan fingerprint density at radius 1 is 1.33 bits per heavy atom. The fourth-order valence-corrected chi connectivity index (χ4v) is 2.16. The highest BCUT2D eigenvalue weighted by molar-refractivity contribution is 5.81. The van der Waals surface area contributed by atoms with Crippen molar-refractivity contribution in [3.05, 3.63) is 30.3 Å². The molecule has 1 aromatic rings. The van der Waals surface area contributed by atoms with E-state index in [1.54, 1.807) is 29.2 Å². The smallest absolute Gasteiger partial charge is 0.325 e. The summed E-state index contributed by atoms with van der Waals surface area (Å²) in [6, 6.07) is 8.53. The molecule has 2 rings (SSSR count). The molecule has 0 aliphatic carbocycles. The van der Waals surface area contributed by atoms with Crippen molar-refractivity contribution in [2.24, 2.45) is 5.73 Å². The highest BCUT2D eigenvalue weighted by Gasteiger charge is 2.30. The number of carbonyl (C=O) groups excluding carboxylic acids is 2. The van der Waals surface area contributed by atoms with Gasteiger partial charge in [-0.1, -0.05) is 18.2 Å². The van der Waals surface area contributed by atoms with E-state index in [4.69, 9.17) is 10.5 Å². The molecule has 1 aromatic carbocycles. The molecule has 1 aliphatic heterocycles. The number of hydrogen-bond acceptors (Lipinski definition) is 4. The first-order valence-electron chi connectivity index (χ1n) is 5.96. The molecule has 0 radical (unpaired) electrons. The van der Waals surface area contributed by atoms with Crippen LogP contribution in [0.25, 0.3) is 0 Å². The van der Waals surface area contributed by atoms with Gasteiger partial charge in [-0.05, 0) is 31.5 Å². The first kappa shape index (κ1) is 12.6. The van der Waals surface area contributed by atoms with Crippen molar-refractivity contribution in [1.29, 1.82) is 0 Å². The van der Waals surface area contributed by atoms with E-state index < -0.39 is 0 Å². The number of nitrogens with zero attached hydrogens (tertiary/aromatic N) is 1. The van der Waals surface area contributed by atoms with Gasteiger partial charge in [0.1, 0.15) is 5.75 Å². The van der Waals surface area contributed by atoms with Crippen LogP contribution in [0.2, 0.25) is 0 Å². The zero-order valence-electron chi connectivity index (χ0n) is 10.0. The number of benzene rings is 1. The predicted molar refractivity (Wildman–Crippen MR) is 65.9 cm³/mol. The minimum Gasteiger partial charge on any atom is -0.426 e. The average molecular weight is 248 g/mol. The Labute approximate surface area is 106 Å². The van der Waals surface area contributed by atoms with Crippen LogP contribution in [0.3, 0.4) is 0 Å². The first-order valence-corrected chi connectivity index (χ1v) is 5.96. The van der Waals surface area contributed by atoms with E-state index in [-0.39, 0.29) is 24.5 Å². The lowest BCUT2D eigenvalue weighted by molar-refractivity contribution is -0.136. The van der Waals surface area contributed by atoms with Gasteiger partial charge in [-0.2, -0.15) is 0 Å². The number of nitrogens with two attached hydrogens (primary N) is 1. The zero-order chi connectivity index (χ0) is 13.0. The Balaban J connectivity index is 1.90. The van der Waals surface area contributed by atoms with E-state index in [0.717, 1.165) is 6.42 Å². The molecule has 1 amide bonds. The Morgan fingerprint density at radius 3 is 2.72 bits per heavy atom. The lowest BCUT2D eigenvalue weighted by Gasteiger charge is -2.20. The maximum absolute atomic E-state index is 11.7. The Hall–Kier alpha value is -1.88. The number of carbonyl (C=O) groups is 2. The summed E-state index contributed by atoms with van der Waals surface area (Å²) in [6.07, 6.45) is 1.60. The third-order valence-corrected chi connectivity index (χ3v) is 3.00. The van der Waals surface area contributed by atoms with E-state index in [1.807, 2.05) is 6.07 Å². The van der Waals surface area contributed by atoms with Crippen LogP contribution in [-0.4, -0.2) is 35.9 Å². The van der Waals surface area contributed by atoms with Crippen molar-refractivity contribution in [3.63, 3.8) is 0 Å². The van der Waals surface area contributed by atoms with Gasteiger partial charge < -0.3 is 10.5 Å². The van der Waals surface area contributed by atoms with Crippen molar-refractivity contribution < 1.29 is 14.3 Å². The molecule has 1 fully saturated rings. The minimum absolute atomic E-state index is 0.0997. The molecular weight excluding hydrogens is 232 g/mol. The molecule has 0 aromatic heterocycles. The largest absolute Gasteiger partial charge is 0.426 e.